The van der Waals surface area contributed by atoms with Crippen molar-refractivity contribution in [1.82, 2.24) is 0 Å². The van der Waals surface area contributed by atoms with Crippen LogP contribution in [0, 0.1) is 0 Å². The van der Waals surface area contributed by atoms with Gasteiger partial charge in [-0.1, -0.05) is 275 Å². The zero-order valence-corrected chi connectivity index (χ0v) is 46.8. The third-order valence-electron chi connectivity index (χ3n) is 13.6. The van der Waals surface area contributed by atoms with Crippen molar-refractivity contribution in [3.05, 3.63) is 48.6 Å². The first-order chi connectivity index (χ1) is 34.5. The molecule has 0 aliphatic carbocycles. The van der Waals surface area contributed by atoms with Crippen LogP contribution in [0.25, 0.3) is 0 Å². The number of allylic oxidation sites excluding steroid dienone is 8. The minimum absolute atomic E-state index is 0.0768. The van der Waals surface area contributed by atoms with Crippen LogP contribution in [0.3, 0.4) is 0 Å². The zero-order chi connectivity index (χ0) is 50.7. The Labute approximate surface area is 435 Å². The van der Waals surface area contributed by atoms with Crippen LogP contribution in [-0.4, -0.2) is 37.2 Å². The molecule has 0 spiro atoms. The second kappa shape index (κ2) is 58.9. The molecule has 408 valence electrons. The van der Waals surface area contributed by atoms with Crippen LogP contribution in [0.15, 0.2) is 48.6 Å². The third-order valence-corrected chi connectivity index (χ3v) is 13.6. The summed E-state index contributed by atoms with van der Waals surface area (Å²) in [4.78, 5) is 38.2. The third kappa shape index (κ3) is 56.3. The number of esters is 3. The summed E-state index contributed by atoms with van der Waals surface area (Å²) in [7, 11) is 0. The van der Waals surface area contributed by atoms with E-state index in [1.165, 1.54) is 199 Å². The van der Waals surface area contributed by atoms with Gasteiger partial charge in [0.25, 0.3) is 0 Å². The van der Waals surface area contributed by atoms with Crippen LogP contribution >= 0.6 is 0 Å². The summed E-state index contributed by atoms with van der Waals surface area (Å²) >= 11 is 0. The fraction of sp³-hybridized carbons (Fsp3) is 0.828. The van der Waals surface area contributed by atoms with Gasteiger partial charge in [0.05, 0.1) is 0 Å². The second-order valence-corrected chi connectivity index (χ2v) is 20.6. The van der Waals surface area contributed by atoms with E-state index in [0.717, 1.165) is 83.5 Å². The molecule has 6 heteroatoms. The van der Waals surface area contributed by atoms with Crippen molar-refractivity contribution in [2.24, 2.45) is 0 Å². The molecule has 0 amide bonds. The van der Waals surface area contributed by atoms with Crippen molar-refractivity contribution in [3.63, 3.8) is 0 Å². The van der Waals surface area contributed by atoms with E-state index in [0.29, 0.717) is 19.3 Å². The predicted molar refractivity (Wildman–Crippen MR) is 302 cm³/mol. The van der Waals surface area contributed by atoms with Gasteiger partial charge >= 0.3 is 17.9 Å². The van der Waals surface area contributed by atoms with Gasteiger partial charge < -0.3 is 14.2 Å². The maximum absolute atomic E-state index is 12.9. The van der Waals surface area contributed by atoms with E-state index in [9.17, 15) is 14.4 Å². The van der Waals surface area contributed by atoms with E-state index < -0.39 is 6.10 Å². The molecule has 0 N–H and O–H groups in total. The number of hydrogen-bond donors (Lipinski definition) is 0. The van der Waals surface area contributed by atoms with Crippen molar-refractivity contribution in [1.29, 1.82) is 0 Å². The Kier molecular flexibility index (Phi) is 56.7. The molecule has 0 fully saturated rings. The van der Waals surface area contributed by atoms with E-state index >= 15 is 0 Å². The molecule has 0 bridgehead atoms. The number of hydrogen-bond acceptors (Lipinski definition) is 6. The number of unbranched alkanes of at least 4 members (excludes halogenated alkanes) is 37. The molecule has 0 saturated heterocycles. The molecule has 6 nitrogen and oxygen atoms in total. The van der Waals surface area contributed by atoms with Crippen molar-refractivity contribution in [2.45, 2.75) is 329 Å². The van der Waals surface area contributed by atoms with Gasteiger partial charge in [0.2, 0.25) is 0 Å². The molecular formula is C64H116O6. The van der Waals surface area contributed by atoms with Crippen molar-refractivity contribution in [3.8, 4) is 0 Å². The monoisotopic (exact) mass is 981 g/mol. The maximum Gasteiger partial charge on any atom is 0.306 e. The van der Waals surface area contributed by atoms with E-state index in [2.05, 4.69) is 69.4 Å². The average Bonchev–Trinajstić information content (AvgIpc) is 3.36. The van der Waals surface area contributed by atoms with Crippen LogP contribution in [-0.2, 0) is 28.6 Å². The highest BCUT2D eigenvalue weighted by Gasteiger charge is 2.19. The molecule has 0 aromatic rings. The first-order valence-corrected chi connectivity index (χ1v) is 30.6. The summed E-state index contributed by atoms with van der Waals surface area (Å²) in [5, 5.41) is 0. The Bertz CT molecular complexity index is 1220. The summed E-state index contributed by atoms with van der Waals surface area (Å²) in [5.41, 5.74) is 0. The minimum atomic E-state index is -0.779. The standard InChI is InChI=1S/C64H116O6/c1-4-7-10-13-16-19-22-25-28-30-32-34-36-39-42-45-48-51-54-57-63(66)69-60-61(59-68-62(65)56-53-50-47-44-41-38-27-24-21-18-15-12-9-6-3)70-64(67)58-55-52-49-46-43-40-37-35-33-31-29-26-23-20-17-14-11-8-5-2/h15-16,18-19,24-25,27-28,61H,4-14,17,20-23,26,29-60H2,1-3H3/b18-15-,19-16-,27-24-,28-25-/t61-/m1/s1. The Morgan fingerprint density at radius 2 is 0.529 bits per heavy atom. The normalized spacial score (nSPS) is 12.3. The van der Waals surface area contributed by atoms with Crippen LogP contribution in [0.5, 0.6) is 0 Å². The van der Waals surface area contributed by atoms with E-state index in [1.54, 1.807) is 0 Å². The van der Waals surface area contributed by atoms with Gasteiger partial charge in [-0.25, -0.2) is 0 Å². The lowest BCUT2D eigenvalue weighted by molar-refractivity contribution is -0.167. The second-order valence-electron chi connectivity index (χ2n) is 20.6. The summed E-state index contributed by atoms with van der Waals surface area (Å²) in [6, 6.07) is 0. The molecule has 0 unspecified atom stereocenters. The molecule has 0 radical (unpaired) electrons. The van der Waals surface area contributed by atoms with Crippen molar-refractivity contribution in [2.75, 3.05) is 13.2 Å². The van der Waals surface area contributed by atoms with Gasteiger partial charge in [0.1, 0.15) is 13.2 Å². The maximum atomic E-state index is 12.9. The molecule has 0 aliphatic heterocycles. The van der Waals surface area contributed by atoms with Crippen molar-refractivity contribution >= 4 is 17.9 Å². The quantitative estimate of drug-likeness (QED) is 0.0261. The number of ether oxygens (including phenoxy) is 3. The van der Waals surface area contributed by atoms with Gasteiger partial charge in [-0.3, -0.25) is 14.4 Å². The minimum Gasteiger partial charge on any atom is -0.462 e. The molecular weight excluding hydrogens is 865 g/mol. The number of carbonyl (C=O) groups excluding carboxylic acids is 3. The Morgan fingerprint density at radius 1 is 0.286 bits per heavy atom. The van der Waals surface area contributed by atoms with Crippen LogP contribution in [0.4, 0.5) is 0 Å². The first-order valence-electron chi connectivity index (χ1n) is 30.6. The fourth-order valence-electron chi connectivity index (χ4n) is 8.90. The molecule has 0 aromatic heterocycles. The summed E-state index contributed by atoms with van der Waals surface area (Å²) < 4.78 is 16.9. The summed E-state index contributed by atoms with van der Waals surface area (Å²) in [6.45, 7) is 6.61. The highest BCUT2D eigenvalue weighted by atomic mass is 16.6. The molecule has 1 atom stereocenters. The average molecular weight is 982 g/mol. The van der Waals surface area contributed by atoms with Crippen molar-refractivity contribution < 1.29 is 28.6 Å². The largest absolute Gasteiger partial charge is 0.462 e. The Hall–Kier alpha value is -2.63. The molecule has 0 heterocycles. The lowest BCUT2D eigenvalue weighted by atomic mass is 10.0. The highest BCUT2D eigenvalue weighted by Crippen LogP contribution is 2.17. The SMILES string of the molecule is CCCC/C=C\C/C=C\CCCCCCCC(=O)OC[C@H](COC(=O)CCCCCCCCCCC/C=C\C/C=C\CCCCC)OC(=O)CCCCCCCCCCCCCCCCCCCCC. The number of carbonyl (C=O) groups is 3. The zero-order valence-electron chi connectivity index (χ0n) is 46.8. The predicted octanol–water partition coefficient (Wildman–Crippen LogP) is 20.6. The van der Waals surface area contributed by atoms with Gasteiger partial charge in [0.15, 0.2) is 6.10 Å². The first kappa shape index (κ1) is 67.4. The van der Waals surface area contributed by atoms with Crippen LogP contribution < -0.4 is 0 Å². The molecule has 70 heavy (non-hydrogen) atoms. The van der Waals surface area contributed by atoms with Crippen LogP contribution in [0.2, 0.25) is 0 Å². The van der Waals surface area contributed by atoms with E-state index in [4.69, 9.17) is 14.2 Å². The number of rotatable bonds is 56. The van der Waals surface area contributed by atoms with E-state index in [1.807, 2.05) is 0 Å². The lowest BCUT2D eigenvalue weighted by Crippen LogP contribution is -2.30. The molecule has 0 saturated carbocycles. The van der Waals surface area contributed by atoms with E-state index in [-0.39, 0.29) is 31.1 Å². The Morgan fingerprint density at radius 3 is 0.857 bits per heavy atom. The topological polar surface area (TPSA) is 78.9 Å². The van der Waals surface area contributed by atoms with Gasteiger partial charge in [0, 0.05) is 19.3 Å². The van der Waals surface area contributed by atoms with Gasteiger partial charge in [-0.15, -0.1) is 0 Å². The van der Waals surface area contributed by atoms with Crippen LogP contribution in [0.1, 0.15) is 323 Å². The smallest absolute Gasteiger partial charge is 0.306 e. The molecule has 0 rings (SSSR count). The van der Waals surface area contributed by atoms with Gasteiger partial charge in [-0.2, -0.15) is 0 Å². The molecule has 0 aromatic carbocycles. The molecule has 0 aliphatic rings. The lowest BCUT2D eigenvalue weighted by Gasteiger charge is -2.18. The fourth-order valence-corrected chi connectivity index (χ4v) is 8.90. The Balaban J connectivity index is 4.34. The summed E-state index contributed by atoms with van der Waals surface area (Å²) in [5.74, 6) is -0.876. The van der Waals surface area contributed by atoms with Gasteiger partial charge in [-0.05, 0) is 77.0 Å². The summed E-state index contributed by atoms with van der Waals surface area (Å²) in [6.07, 6.45) is 72.5. The highest BCUT2D eigenvalue weighted by molar-refractivity contribution is 5.71.